The number of alkyl halides is 1. The molecule has 0 N–H and O–H groups in total. The highest BCUT2D eigenvalue weighted by Gasteiger charge is 2.09. The van der Waals surface area contributed by atoms with Gasteiger partial charge in [-0.15, -0.1) is 11.6 Å². The minimum atomic E-state index is 0.251. The second-order valence-electron chi connectivity index (χ2n) is 3.35. The number of nitrogens with zero attached hydrogens (tertiary/aromatic N) is 1. The van der Waals surface area contributed by atoms with Gasteiger partial charge >= 0.3 is 0 Å². The summed E-state index contributed by atoms with van der Waals surface area (Å²) in [5, 5.41) is 0. The molecule has 0 unspecified atom stereocenters. The van der Waals surface area contributed by atoms with Crippen LogP contribution >= 0.6 is 11.6 Å². The van der Waals surface area contributed by atoms with Gasteiger partial charge in [-0.1, -0.05) is 0 Å². The maximum absolute atomic E-state index is 5.64. The summed E-state index contributed by atoms with van der Waals surface area (Å²) in [6.45, 7) is 0. The molecule has 0 spiro atoms. The molecule has 2 rings (SSSR count). The number of benzene rings is 1. The Bertz CT molecular complexity index is 488. The van der Waals surface area contributed by atoms with E-state index in [-0.39, 0.29) is 5.88 Å². The van der Waals surface area contributed by atoms with Crippen LogP contribution in [-0.4, -0.2) is 19.2 Å². The number of methoxy groups -OCH3 is 2. The molecule has 0 bridgehead atoms. The Labute approximate surface area is 104 Å². The summed E-state index contributed by atoms with van der Waals surface area (Å²) >= 11 is 5.64. The van der Waals surface area contributed by atoms with E-state index in [9.17, 15) is 0 Å². The van der Waals surface area contributed by atoms with Gasteiger partial charge in [0.05, 0.1) is 26.3 Å². The van der Waals surface area contributed by atoms with E-state index in [0.29, 0.717) is 23.1 Å². The first-order chi connectivity index (χ1) is 8.26. The van der Waals surface area contributed by atoms with Gasteiger partial charge in [-0.3, -0.25) is 0 Å². The highest BCUT2D eigenvalue weighted by Crippen LogP contribution is 2.30. The molecule has 4 nitrogen and oxygen atoms in total. The highest BCUT2D eigenvalue weighted by molar-refractivity contribution is 6.16. The molecule has 0 fully saturated rings. The van der Waals surface area contributed by atoms with Gasteiger partial charge < -0.3 is 13.9 Å². The lowest BCUT2D eigenvalue weighted by atomic mass is 10.1. The fourth-order valence-electron chi connectivity index (χ4n) is 1.46. The summed E-state index contributed by atoms with van der Waals surface area (Å²) < 4.78 is 15.8. The van der Waals surface area contributed by atoms with Gasteiger partial charge in [-0.2, -0.15) is 0 Å². The van der Waals surface area contributed by atoms with Gasteiger partial charge in [0.1, 0.15) is 11.5 Å². The lowest BCUT2D eigenvalue weighted by Crippen LogP contribution is -1.88. The second kappa shape index (κ2) is 5.10. The first-order valence-electron chi connectivity index (χ1n) is 5.01. The summed E-state index contributed by atoms with van der Waals surface area (Å²) in [4.78, 5) is 4.04. The second-order valence-corrected chi connectivity index (χ2v) is 3.62. The first kappa shape index (κ1) is 11.8. The SMILES string of the molecule is COc1cc(OC)cc(-c2cnc(CCl)o2)c1. The summed E-state index contributed by atoms with van der Waals surface area (Å²) in [5.41, 5.74) is 0.838. The van der Waals surface area contributed by atoms with Crippen LogP contribution in [0, 0.1) is 0 Å². The number of hydrogen-bond acceptors (Lipinski definition) is 4. The van der Waals surface area contributed by atoms with E-state index < -0.39 is 0 Å². The van der Waals surface area contributed by atoms with Gasteiger partial charge in [0.2, 0.25) is 5.89 Å². The van der Waals surface area contributed by atoms with Crippen molar-refractivity contribution in [3.05, 3.63) is 30.3 Å². The molecule has 0 amide bonds. The van der Waals surface area contributed by atoms with E-state index in [1.807, 2.05) is 12.1 Å². The Hall–Kier alpha value is -1.68. The lowest BCUT2D eigenvalue weighted by molar-refractivity contribution is 0.394. The fraction of sp³-hybridized carbons (Fsp3) is 0.250. The Kier molecular flexibility index (Phi) is 3.54. The minimum Gasteiger partial charge on any atom is -0.497 e. The molecule has 0 saturated carbocycles. The van der Waals surface area contributed by atoms with Crippen LogP contribution < -0.4 is 9.47 Å². The summed E-state index contributed by atoms with van der Waals surface area (Å²) in [5.74, 6) is 2.77. The summed E-state index contributed by atoms with van der Waals surface area (Å²) in [6, 6.07) is 5.49. The molecule has 0 aliphatic rings. The topological polar surface area (TPSA) is 44.5 Å². The largest absolute Gasteiger partial charge is 0.497 e. The van der Waals surface area contributed by atoms with Gasteiger partial charge in [0.25, 0.3) is 0 Å². The number of aromatic nitrogens is 1. The van der Waals surface area contributed by atoms with Crippen molar-refractivity contribution in [1.82, 2.24) is 4.98 Å². The van der Waals surface area contributed by atoms with Crippen LogP contribution in [-0.2, 0) is 5.88 Å². The quantitative estimate of drug-likeness (QED) is 0.786. The Balaban J connectivity index is 2.43. The molecule has 2 aromatic rings. The zero-order chi connectivity index (χ0) is 12.3. The lowest BCUT2D eigenvalue weighted by Gasteiger charge is -2.06. The van der Waals surface area contributed by atoms with Crippen molar-refractivity contribution in [2.24, 2.45) is 0 Å². The third kappa shape index (κ3) is 2.53. The van der Waals surface area contributed by atoms with Crippen LogP contribution in [0.2, 0.25) is 0 Å². The Morgan fingerprint density at radius 1 is 1.18 bits per heavy atom. The molecular formula is C12H12ClNO3. The third-order valence-corrected chi connectivity index (χ3v) is 2.53. The fourth-order valence-corrected chi connectivity index (χ4v) is 1.58. The molecular weight excluding hydrogens is 242 g/mol. The van der Waals surface area contributed by atoms with Crippen LogP contribution in [0.1, 0.15) is 5.89 Å². The standard InChI is InChI=1S/C12H12ClNO3/c1-15-9-3-8(4-10(5-9)16-2)11-7-14-12(6-13)17-11/h3-5,7H,6H2,1-2H3. The van der Waals surface area contributed by atoms with Gasteiger partial charge in [0, 0.05) is 11.6 Å². The molecule has 0 aliphatic carbocycles. The molecule has 1 aromatic carbocycles. The van der Waals surface area contributed by atoms with E-state index in [2.05, 4.69) is 4.98 Å². The van der Waals surface area contributed by atoms with Crippen molar-refractivity contribution in [2.45, 2.75) is 5.88 Å². The maximum Gasteiger partial charge on any atom is 0.209 e. The normalized spacial score (nSPS) is 10.3. The number of oxazole rings is 1. The van der Waals surface area contributed by atoms with E-state index in [0.717, 1.165) is 5.56 Å². The Morgan fingerprint density at radius 3 is 2.29 bits per heavy atom. The zero-order valence-corrected chi connectivity index (χ0v) is 10.3. The average molecular weight is 254 g/mol. The molecule has 0 atom stereocenters. The van der Waals surface area contributed by atoms with E-state index in [4.69, 9.17) is 25.5 Å². The molecule has 1 aromatic heterocycles. The number of rotatable bonds is 4. The Morgan fingerprint density at radius 2 is 1.82 bits per heavy atom. The number of ether oxygens (including phenoxy) is 2. The van der Waals surface area contributed by atoms with Crippen LogP contribution in [0.25, 0.3) is 11.3 Å². The van der Waals surface area contributed by atoms with Gasteiger partial charge in [-0.05, 0) is 12.1 Å². The number of hydrogen-bond donors (Lipinski definition) is 0. The van der Waals surface area contributed by atoms with Crippen molar-refractivity contribution in [2.75, 3.05) is 14.2 Å². The van der Waals surface area contributed by atoms with Crippen LogP contribution in [0.15, 0.2) is 28.8 Å². The summed E-state index contributed by atoms with van der Waals surface area (Å²) in [6.07, 6.45) is 1.63. The van der Waals surface area contributed by atoms with Crippen molar-refractivity contribution in [1.29, 1.82) is 0 Å². The van der Waals surface area contributed by atoms with Crippen molar-refractivity contribution >= 4 is 11.6 Å². The molecule has 0 radical (unpaired) electrons. The zero-order valence-electron chi connectivity index (χ0n) is 9.57. The smallest absolute Gasteiger partial charge is 0.209 e. The maximum atomic E-state index is 5.64. The van der Waals surface area contributed by atoms with Crippen molar-refractivity contribution in [3.8, 4) is 22.8 Å². The average Bonchev–Trinajstić information content (AvgIpc) is 2.86. The molecule has 1 heterocycles. The predicted octanol–water partition coefficient (Wildman–Crippen LogP) is 3.10. The van der Waals surface area contributed by atoms with E-state index >= 15 is 0 Å². The molecule has 90 valence electrons. The molecule has 5 heteroatoms. The molecule has 17 heavy (non-hydrogen) atoms. The first-order valence-corrected chi connectivity index (χ1v) is 5.54. The number of halogens is 1. The van der Waals surface area contributed by atoms with Gasteiger partial charge in [0.15, 0.2) is 5.76 Å². The highest BCUT2D eigenvalue weighted by atomic mass is 35.5. The molecule has 0 saturated heterocycles. The predicted molar refractivity (Wildman–Crippen MR) is 64.6 cm³/mol. The third-order valence-electron chi connectivity index (χ3n) is 2.30. The van der Waals surface area contributed by atoms with Crippen LogP contribution in [0.3, 0.4) is 0 Å². The monoisotopic (exact) mass is 253 g/mol. The van der Waals surface area contributed by atoms with E-state index in [1.165, 1.54) is 0 Å². The van der Waals surface area contributed by atoms with E-state index in [1.54, 1.807) is 26.5 Å². The minimum absolute atomic E-state index is 0.251. The van der Waals surface area contributed by atoms with Crippen molar-refractivity contribution in [3.63, 3.8) is 0 Å². The van der Waals surface area contributed by atoms with Crippen molar-refractivity contribution < 1.29 is 13.9 Å². The molecule has 0 aliphatic heterocycles. The van der Waals surface area contributed by atoms with Crippen LogP contribution in [0.5, 0.6) is 11.5 Å². The summed E-state index contributed by atoms with van der Waals surface area (Å²) in [7, 11) is 3.20. The van der Waals surface area contributed by atoms with Crippen LogP contribution in [0.4, 0.5) is 0 Å². The van der Waals surface area contributed by atoms with Gasteiger partial charge in [-0.25, -0.2) is 4.98 Å².